The number of piperazine rings is 1. The first-order valence-electron chi connectivity index (χ1n) is 13.7. The van der Waals surface area contributed by atoms with Crippen LogP contribution in [0, 0.1) is 0 Å². The highest BCUT2D eigenvalue weighted by Crippen LogP contribution is 2.39. The summed E-state index contributed by atoms with van der Waals surface area (Å²) >= 11 is 0. The van der Waals surface area contributed by atoms with Crippen LogP contribution in [0.15, 0.2) is 42.5 Å². The van der Waals surface area contributed by atoms with Crippen LogP contribution in [0.4, 0.5) is 5.69 Å². The average Bonchev–Trinajstić information content (AvgIpc) is 3.47. The maximum atomic E-state index is 5.49. The Morgan fingerprint density at radius 3 is 2.24 bits per heavy atom. The maximum absolute atomic E-state index is 5.49. The highest BCUT2D eigenvalue weighted by atomic mass is 16.5. The van der Waals surface area contributed by atoms with Gasteiger partial charge in [-0.15, -0.1) is 0 Å². The number of aromatic nitrogens is 3. The predicted octanol–water partition coefficient (Wildman–Crippen LogP) is 5.31. The van der Waals surface area contributed by atoms with Crippen molar-refractivity contribution in [1.82, 2.24) is 19.7 Å². The van der Waals surface area contributed by atoms with Gasteiger partial charge in [0.15, 0.2) is 17.3 Å². The number of anilines is 1. The lowest BCUT2D eigenvalue weighted by atomic mass is 9.86. The first-order valence-corrected chi connectivity index (χ1v) is 13.7. The summed E-state index contributed by atoms with van der Waals surface area (Å²) in [6.45, 7) is 10.1. The number of hydrogen-bond donors (Lipinski definition) is 0. The van der Waals surface area contributed by atoms with Crippen LogP contribution in [0.25, 0.3) is 11.4 Å². The molecule has 4 unspecified atom stereocenters. The van der Waals surface area contributed by atoms with Gasteiger partial charge in [0.05, 0.1) is 14.2 Å². The molecule has 2 saturated heterocycles. The van der Waals surface area contributed by atoms with Crippen molar-refractivity contribution in [3.05, 3.63) is 53.9 Å². The Morgan fingerprint density at radius 2 is 1.59 bits per heavy atom. The third-order valence-corrected chi connectivity index (χ3v) is 8.68. The maximum Gasteiger partial charge on any atom is 0.181 e. The molecule has 37 heavy (non-hydrogen) atoms. The highest BCUT2D eigenvalue weighted by molar-refractivity contribution is 5.61. The smallest absolute Gasteiger partial charge is 0.181 e. The molecule has 0 radical (unpaired) electrons. The highest BCUT2D eigenvalue weighted by Gasteiger charge is 2.41. The number of methoxy groups -OCH3 is 2. The summed E-state index contributed by atoms with van der Waals surface area (Å²) < 4.78 is 13.0. The Kier molecular flexibility index (Phi) is 6.35. The SMILES string of the molecule is COc1ccc(-c2nc3n(n2)CC(c2ccc(N4CC5CCC(C4)N5C(C)C)cc2)CC3C)cc1OC. The summed E-state index contributed by atoms with van der Waals surface area (Å²) in [6.07, 6.45) is 3.76. The molecule has 7 nitrogen and oxygen atoms in total. The Labute approximate surface area is 220 Å². The molecule has 4 heterocycles. The fourth-order valence-corrected chi connectivity index (χ4v) is 6.95. The third kappa shape index (κ3) is 4.37. The molecule has 2 bridgehead atoms. The summed E-state index contributed by atoms with van der Waals surface area (Å²) in [7, 11) is 3.30. The van der Waals surface area contributed by atoms with E-state index in [2.05, 4.69) is 59.5 Å². The van der Waals surface area contributed by atoms with Crippen molar-refractivity contribution in [2.45, 2.75) is 76.5 Å². The van der Waals surface area contributed by atoms with Gasteiger partial charge in [0, 0.05) is 60.8 Å². The van der Waals surface area contributed by atoms with Gasteiger partial charge in [0.1, 0.15) is 5.82 Å². The average molecular weight is 502 g/mol. The zero-order valence-corrected chi connectivity index (χ0v) is 22.7. The second kappa shape index (κ2) is 9.67. The molecule has 4 atom stereocenters. The van der Waals surface area contributed by atoms with Gasteiger partial charge in [0.25, 0.3) is 0 Å². The lowest BCUT2D eigenvalue weighted by molar-refractivity contribution is 0.129. The van der Waals surface area contributed by atoms with Crippen LogP contribution in [0.1, 0.15) is 63.3 Å². The number of rotatable bonds is 6. The number of ether oxygens (including phenoxy) is 2. The number of hydrogen-bond acceptors (Lipinski definition) is 6. The van der Waals surface area contributed by atoms with Crippen molar-refractivity contribution in [3.8, 4) is 22.9 Å². The van der Waals surface area contributed by atoms with E-state index in [0.29, 0.717) is 41.5 Å². The minimum Gasteiger partial charge on any atom is -0.493 e. The number of fused-ring (bicyclic) bond motifs is 3. The zero-order valence-electron chi connectivity index (χ0n) is 22.7. The fourth-order valence-electron chi connectivity index (χ4n) is 6.95. The molecule has 0 saturated carbocycles. The van der Waals surface area contributed by atoms with Crippen LogP contribution >= 0.6 is 0 Å². The molecule has 7 heteroatoms. The van der Waals surface area contributed by atoms with Gasteiger partial charge >= 0.3 is 0 Å². The Morgan fingerprint density at radius 1 is 0.892 bits per heavy atom. The van der Waals surface area contributed by atoms with Crippen LogP contribution in [0.5, 0.6) is 11.5 Å². The quantitative estimate of drug-likeness (QED) is 0.456. The van der Waals surface area contributed by atoms with Gasteiger partial charge in [-0.2, -0.15) is 5.10 Å². The summed E-state index contributed by atoms with van der Waals surface area (Å²) in [5, 5.41) is 4.91. The van der Waals surface area contributed by atoms with Gasteiger partial charge < -0.3 is 14.4 Å². The summed E-state index contributed by atoms with van der Waals surface area (Å²) in [5.41, 5.74) is 3.71. The molecule has 2 fully saturated rings. The molecule has 1 aromatic heterocycles. The van der Waals surface area contributed by atoms with E-state index in [-0.39, 0.29) is 0 Å². The molecule has 3 aliphatic rings. The van der Waals surface area contributed by atoms with Crippen molar-refractivity contribution in [2.75, 3.05) is 32.2 Å². The van der Waals surface area contributed by atoms with E-state index in [9.17, 15) is 0 Å². The molecule has 0 amide bonds. The molecule has 0 N–H and O–H groups in total. The normalized spacial score (nSPS) is 25.4. The zero-order chi connectivity index (χ0) is 25.7. The molecule has 3 aliphatic heterocycles. The first kappa shape index (κ1) is 24.3. The van der Waals surface area contributed by atoms with E-state index in [4.69, 9.17) is 19.6 Å². The molecule has 0 spiro atoms. The lowest BCUT2D eigenvalue weighted by Gasteiger charge is -2.44. The van der Waals surface area contributed by atoms with Gasteiger partial charge in [0.2, 0.25) is 0 Å². The minimum atomic E-state index is 0.347. The monoisotopic (exact) mass is 501 g/mol. The number of benzene rings is 2. The summed E-state index contributed by atoms with van der Waals surface area (Å²) in [6, 6.07) is 17.3. The van der Waals surface area contributed by atoms with Crippen LogP contribution in [-0.4, -0.2) is 65.1 Å². The van der Waals surface area contributed by atoms with Crippen molar-refractivity contribution in [1.29, 1.82) is 0 Å². The van der Waals surface area contributed by atoms with Crippen molar-refractivity contribution in [3.63, 3.8) is 0 Å². The third-order valence-electron chi connectivity index (χ3n) is 8.68. The van der Waals surface area contributed by atoms with Crippen molar-refractivity contribution in [2.24, 2.45) is 0 Å². The standard InChI is InChI=1S/C30H39N5O2/c1-19(2)35-25-11-12-26(35)18-33(17-25)24-9-6-21(7-10-24)23-14-20(3)30-31-29(32-34(30)16-23)22-8-13-27(36-4)28(15-22)37-5/h6-10,13,15,19-20,23,25-26H,11-12,14,16-18H2,1-5H3. The van der Waals surface area contributed by atoms with Gasteiger partial charge in [-0.05, 0) is 69.0 Å². The molecule has 196 valence electrons. The van der Waals surface area contributed by atoms with Crippen molar-refractivity contribution < 1.29 is 9.47 Å². The van der Waals surface area contributed by atoms with Gasteiger partial charge in [-0.1, -0.05) is 19.1 Å². The first-order chi connectivity index (χ1) is 17.9. The Hall–Kier alpha value is -3.06. The topological polar surface area (TPSA) is 55.7 Å². The van der Waals surface area contributed by atoms with Crippen LogP contribution in [-0.2, 0) is 6.54 Å². The van der Waals surface area contributed by atoms with Gasteiger partial charge in [-0.25, -0.2) is 9.67 Å². The fraction of sp³-hybridized carbons (Fsp3) is 0.533. The molecule has 0 aliphatic carbocycles. The van der Waals surface area contributed by atoms with Crippen LogP contribution in [0.2, 0.25) is 0 Å². The van der Waals surface area contributed by atoms with E-state index in [1.165, 1.54) is 24.1 Å². The summed E-state index contributed by atoms with van der Waals surface area (Å²) in [5.74, 6) is 3.99. The molecule has 3 aromatic rings. The second-order valence-corrected chi connectivity index (χ2v) is 11.3. The van der Waals surface area contributed by atoms with Gasteiger partial charge in [-0.3, -0.25) is 4.90 Å². The molecular formula is C30H39N5O2. The molecular weight excluding hydrogens is 462 g/mol. The van der Waals surface area contributed by atoms with E-state index >= 15 is 0 Å². The largest absolute Gasteiger partial charge is 0.493 e. The lowest BCUT2D eigenvalue weighted by Crippen LogP contribution is -2.56. The number of nitrogens with zero attached hydrogens (tertiary/aromatic N) is 5. The Balaban J connectivity index is 1.18. The van der Waals surface area contributed by atoms with Crippen LogP contribution in [0.3, 0.4) is 0 Å². The van der Waals surface area contributed by atoms with Crippen molar-refractivity contribution >= 4 is 5.69 Å². The van der Waals surface area contributed by atoms with E-state index in [1.54, 1.807) is 14.2 Å². The second-order valence-electron chi connectivity index (χ2n) is 11.3. The summed E-state index contributed by atoms with van der Waals surface area (Å²) in [4.78, 5) is 10.3. The van der Waals surface area contributed by atoms with E-state index in [0.717, 1.165) is 43.3 Å². The minimum absolute atomic E-state index is 0.347. The molecule has 2 aromatic carbocycles. The van der Waals surface area contributed by atoms with E-state index in [1.807, 2.05) is 18.2 Å². The Bertz CT molecular complexity index is 1240. The van der Waals surface area contributed by atoms with Crippen LogP contribution < -0.4 is 14.4 Å². The van der Waals surface area contributed by atoms with E-state index < -0.39 is 0 Å². The molecule has 6 rings (SSSR count). The predicted molar refractivity (Wildman–Crippen MR) is 147 cm³/mol.